The first-order chi connectivity index (χ1) is 8.36. The third kappa shape index (κ3) is 2.83. The molecule has 0 aliphatic carbocycles. The lowest BCUT2D eigenvalue weighted by molar-refractivity contribution is 0.0685. The molecule has 4 heteroatoms. The van der Waals surface area contributed by atoms with E-state index in [1.54, 1.807) is 6.20 Å². The Morgan fingerprint density at radius 3 is 2.47 bits per heavy atom. The molecule has 0 aromatic carbocycles. The van der Waals surface area contributed by atoms with Gasteiger partial charge in [0.05, 0.1) is 0 Å². The highest BCUT2D eigenvalue weighted by molar-refractivity contribution is 5.15. The van der Waals surface area contributed by atoms with Gasteiger partial charge in [-0.3, -0.25) is 9.88 Å². The van der Waals surface area contributed by atoms with Gasteiger partial charge in [0.15, 0.2) is 0 Å². The van der Waals surface area contributed by atoms with Gasteiger partial charge in [-0.25, -0.2) is 0 Å². The molecule has 1 unspecified atom stereocenters. The van der Waals surface area contributed by atoms with Gasteiger partial charge in [-0.1, -0.05) is 6.07 Å². The Balaban J connectivity index is 2.22. The molecule has 1 atom stereocenters. The van der Waals surface area contributed by atoms with Crippen LogP contribution in [0.1, 0.15) is 24.4 Å². The summed E-state index contributed by atoms with van der Waals surface area (Å²) in [6.07, 6.45) is 5.97. The molecule has 1 aromatic heterocycles. The maximum Gasteiger partial charge on any atom is 0.0499 e. The van der Waals surface area contributed by atoms with Crippen molar-refractivity contribution in [1.82, 2.24) is 9.88 Å². The van der Waals surface area contributed by atoms with Crippen LogP contribution in [-0.2, 0) is 0 Å². The van der Waals surface area contributed by atoms with Gasteiger partial charge in [-0.05, 0) is 37.6 Å². The van der Waals surface area contributed by atoms with E-state index in [2.05, 4.69) is 9.88 Å². The predicted octanol–water partition coefficient (Wildman–Crippen LogP) is 0.819. The van der Waals surface area contributed by atoms with Crippen LogP contribution in [0, 0.1) is 5.92 Å². The predicted molar refractivity (Wildman–Crippen MR) is 65.4 cm³/mol. The summed E-state index contributed by atoms with van der Waals surface area (Å²) in [6, 6.07) is 4.01. The quantitative estimate of drug-likeness (QED) is 0.794. The molecule has 1 aliphatic rings. The van der Waals surface area contributed by atoms with Crippen LogP contribution in [-0.4, -0.2) is 46.4 Å². The molecule has 0 spiro atoms. The third-order valence-corrected chi connectivity index (χ3v) is 3.48. The summed E-state index contributed by atoms with van der Waals surface area (Å²) >= 11 is 0. The Kier molecular flexibility index (Phi) is 4.48. The van der Waals surface area contributed by atoms with Crippen LogP contribution < -0.4 is 0 Å². The van der Waals surface area contributed by atoms with E-state index in [0.29, 0.717) is 0 Å². The second kappa shape index (κ2) is 6.10. The minimum Gasteiger partial charge on any atom is -0.396 e. The number of rotatable bonds is 5. The van der Waals surface area contributed by atoms with Crippen molar-refractivity contribution in [3.05, 3.63) is 30.1 Å². The highest BCUT2D eigenvalue weighted by Crippen LogP contribution is 2.30. The SMILES string of the molecule is OCC(CO)C(c1cccnc1)N1CCCC1. The Morgan fingerprint density at radius 2 is 1.94 bits per heavy atom. The molecule has 0 radical (unpaired) electrons. The lowest BCUT2D eigenvalue weighted by atomic mass is 9.94. The van der Waals surface area contributed by atoms with Gasteiger partial charge >= 0.3 is 0 Å². The van der Waals surface area contributed by atoms with E-state index in [9.17, 15) is 10.2 Å². The van der Waals surface area contributed by atoms with Crippen LogP contribution in [0.15, 0.2) is 24.5 Å². The van der Waals surface area contributed by atoms with Crippen molar-refractivity contribution in [3.63, 3.8) is 0 Å². The summed E-state index contributed by atoms with van der Waals surface area (Å²) in [5, 5.41) is 18.8. The van der Waals surface area contributed by atoms with E-state index in [0.717, 1.165) is 18.7 Å². The molecule has 0 amide bonds. The molecule has 2 rings (SSSR count). The van der Waals surface area contributed by atoms with Crippen LogP contribution >= 0.6 is 0 Å². The summed E-state index contributed by atoms with van der Waals surface area (Å²) in [4.78, 5) is 6.48. The van der Waals surface area contributed by atoms with Crippen molar-refractivity contribution < 1.29 is 10.2 Å². The molecular formula is C13H20N2O2. The van der Waals surface area contributed by atoms with E-state index in [1.807, 2.05) is 18.3 Å². The Hall–Kier alpha value is -0.970. The molecule has 94 valence electrons. The van der Waals surface area contributed by atoms with Crippen molar-refractivity contribution in [2.45, 2.75) is 18.9 Å². The summed E-state index contributed by atoms with van der Waals surface area (Å²) < 4.78 is 0. The van der Waals surface area contributed by atoms with Crippen molar-refractivity contribution in [2.75, 3.05) is 26.3 Å². The third-order valence-electron chi connectivity index (χ3n) is 3.48. The molecule has 0 saturated carbocycles. The zero-order valence-electron chi connectivity index (χ0n) is 10.00. The smallest absolute Gasteiger partial charge is 0.0499 e. The van der Waals surface area contributed by atoms with Crippen LogP contribution in [0.4, 0.5) is 0 Å². The molecule has 1 saturated heterocycles. The molecule has 17 heavy (non-hydrogen) atoms. The average molecular weight is 236 g/mol. The fraction of sp³-hybridized carbons (Fsp3) is 0.615. The second-order valence-corrected chi connectivity index (χ2v) is 4.60. The summed E-state index contributed by atoms with van der Waals surface area (Å²) in [7, 11) is 0. The summed E-state index contributed by atoms with van der Waals surface area (Å²) in [5.41, 5.74) is 1.09. The number of hydrogen-bond acceptors (Lipinski definition) is 4. The van der Waals surface area contributed by atoms with Crippen molar-refractivity contribution in [2.24, 2.45) is 5.92 Å². The average Bonchev–Trinajstić information content (AvgIpc) is 2.90. The molecule has 1 fully saturated rings. The second-order valence-electron chi connectivity index (χ2n) is 4.60. The summed E-state index contributed by atoms with van der Waals surface area (Å²) in [5.74, 6) is -0.128. The minimum atomic E-state index is -0.128. The number of aliphatic hydroxyl groups is 2. The zero-order valence-corrected chi connectivity index (χ0v) is 10.00. The fourth-order valence-corrected chi connectivity index (χ4v) is 2.61. The van der Waals surface area contributed by atoms with Crippen LogP contribution in [0.2, 0.25) is 0 Å². The van der Waals surface area contributed by atoms with E-state index >= 15 is 0 Å². The molecular weight excluding hydrogens is 216 g/mol. The summed E-state index contributed by atoms with van der Waals surface area (Å²) in [6.45, 7) is 2.09. The first-order valence-electron chi connectivity index (χ1n) is 6.22. The maximum absolute atomic E-state index is 9.41. The van der Waals surface area contributed by atoms with E-state index in [-0.39, 0.29) is 25.2 Å². The fourth-order valence-electron chi connectivity index (χ4n) is 2.61. The molecule has 2 N–H and O–H groups in total. The van der Waals surface area contributed by atoms with Gasteiger partial charge in [-0.2, -0.15) is 0 Å². The van der Waals surface area contributed by atoms with Crippen LogP contribution in [0.3, 0.4) is 0 Å². The van der Waals surface area contributed by atoms with Gasteiger partial charge in [0.2, 0.25) is 0 Å². The van der Waals surface area contributed by atoms with Gasteiger partial charge < -0.3 is 10.2 Å². The molecule has 0 bridgehead atoms. The first kappa shape index (κ1) is 12.5. The number of aliphatic hydroxyl groups excluding tert-OH is 2. The first-order valence-corrected chi connectivity index (χ1v) is 6.22. The van der Waals surface area contributed by atoms with Crippen molar-refractivity contribution >= 4 is 0 Å². The van der Waals surface area contributed by atoms with Gasteiger partial charge in [0.25, 0.3) is 0 Å². The number of aromatic nitrogens is 1. The lowest BCUT2D eigenvalue weighted by Crippen LogP contribution is -2.35. The van der Waals surface area contributed by atoms with Crippen molar-refractivity contribution in [1.29, 1.82) is 0 Å². The molecule has 1 aromatic rings. The van der Waals surface area contributed by atoms with Crippen molar-refractivity contribution in [3.8, 4) is 0 Å². The monoisotopic (exact) mass is 236 g/mol. The Labute approximate surface area is 102 Å². The largest absolute Gasteiger partial charge is 0.396 e. The number of pyridine rings is 1. The maximum atomic E-state index is 9.41. The number of nitrogens with zero attached hydrogens (tertiary/aromatic N) is 2. The van der Waals surface area contributed by atoms with Gasteiger partial charge in [-0.15, -0.1) is 0 Å². The standard InChI is InChI=1S/C13H20N2O2/c16-9-12(10-17)13(15-6-1-2-7-15)11-4-3-5-14-8-11/h3-5,8,12-13,16-17H,1-2,6-7,9-10H2. The zero-order chi connectivity index (χ0) is 12.1. The topological polar surface area (TPSA) is 56.6 Å². The van der Waals surface area contributed by atoms with Crippen LogP contribution in [0.25, 0.3) is 0 Å². The van der Waals surface area contributed by atoms with Gasteiger partial charge in [0, 0.05) is 37.6 Å². The van der Waals surface area contributed by atoms with E-state index in [4.69, 9.17) is 0 Å². The highest BCUT2D eigenvalue weighted by atomic mass is 16.3. The highest BCUT2D eigenvalue weighted by Gasteiger charge is 2.30. The molecule has 2 heterocycles. The van der Waals surface area contributed by atoms with Crippen LogP contribution in [0.5, 0.6) is 0 Å². The number of likely N-dealkylation sites (tertiary alicyclic amines) is 1. The molecule has 1 aliphatic heterocycles. The lowest BCUT2D eigenvalue weighted by Gasteiger charge is -2.32. The number of hydrogen-bond donors (Lipinski definition) is 2. The van der Waals surface area contributed by atoms with Gasteiger partial charge in [0.1, 0.15) is 0 Å². The minimum absolute atomic E-state index is 0.00651. The van der Waals surface area contributed by atoms with E-state index in [1.165, 1.54) is 12.8 Å². The van der Waals surface area contributed by atoms with E-state index < -0.39 is 0 Å². The normalized spacial score (nSPS) is 18.8. The Bertz CT molecular complexity index is 319. The Morgan fingerprint density at radius 1 is 1.24 bits per heavy atom. The molecule has 4 nitrogen and oxygen atoms in total.